The van der Waals surface area contributed by atoms with Crippen molar-refractivity contribution in [3.63, 3.8) is 0 Å². The van der Waals surface area contributed by atoms with Crippen molar-refractivity contribution in [1.29, 1.82) is 0 Å². The van der Waals surface area contributed by atoms with Gasteiger partial charge in [-0.2, -0.15) is 0 Å². The zero-order valence-corrected chi connectivity index (χ0v) is 18.5. The molecule has 0 saturated carbocycles. The van der Waals surface area contributed by atoms with E-state index in [1.807, 2.05) is 12.4 Å². The molecule has 0 aliphatic heterocycles. The van der Waals surface area contributed by atoms with Gasteiger partial charge in [-0.25, -0.2) is 0 Å². The first kappa shape index (κ1) is 19.5. The van der Waals surface area contributed by atoms with Crippen molar-refractivity contribution < 1.29 is 0 Å². The number of aromatic amines is 1. The van der Waals surface area contributed by atoms with Crippen molar-refractivity contribution in [2.45, 2.75) is 72.6 Å². The van der Waals surface area contributed by atoms with Crippen molar-refractivity contribution in [1.82, 2.24) is 15.2 Å². The topological polar surface area (TPSA) is 41.6 Å². The molecular formula is C20H33N3Sn. The number of aromatic nitrogens is 3. The molecule has 0 aliphatic carbocycles. The molecule has 4 heteroatoms. The van der Waals surface area contributed by atoms with Gasteiger partial charge in [-0.15, -0.1) is 0 Å². The number of rotatable bonds is 11. The minimum absolute atomic E-state index is 1.14. The number of nitrogens with one attached hydrogen (secondary N) is 1. The molecule has 2 rings (SSSR count). The number of unbranched alkanes of at least 4 members (excludes halogenated alkanes) is 3. The van der Waals surface area contributed by atoms with Gasteiger partial charge >= 0.3 is 152 Å². The van der Waals surface area contributed by atoms with Gasteiger partial charge in [0.15, 0.2) is 0 Å². The normalized spacial score (nSPS) is 11.8. The van der Waals surface area contributed by atoms with E-state index in [1.165, 1.54) is 51.8 Å². The van der Waals surface area contributed by atoms with Gasteiger partial charge in [0.1, 0.15) is 0 Å². The molecule has 1 N–H and O–H groups in total. The maximum atomic E-state index is 4.58. The molecule has 0 atom stereocenters. The molecule has 0 fully saturated rings. The van der Waals surface area contributed by atoms with Crippen molar-refractivity contribution in [3.8, 4) is 11.4 Å². The Kier molecular flexibility index (Phi) is 8.29. The van der Waals surface area contributed by atoms with E-state index in [1.54, 1.807) is 3.58 Å². The minimum atomic E-state index is -2.48. The second kappa shape index (κ2) is 10.2. The van der Waals surface area contributed by atoms with Crippen LogP contribution in [-0.2, 0) is 0 Å². The van der Waals surface area contributed by atoms with Gasteiger partial charge in [0, 0.05) is 0 Å². The third-order valence-electron chi connectivity index (χ3n) is 5.17. The first-order valence-electron chi connectivity index (χ1n) is 9.73. The van der Waals surface area contributed by atoms with Gasteiger partial charge in [0.05, 0.1) is 0 Å². The third kappa shape index (κ3) is 4.84. The van der Waals surface area contributed by atoms with Gasteiger partial charge in [-0.05, 0) is 0 Å². The first-order valence-corrected chi connectivity index (χ1v) is 17.2. The summed E-state index contributed by atoms with van der Waals surface area (Å²) in [5.74, 6) is 0. The zero-order valence-electron chi connectivity index (χ0n) is 15.6. The molecule has 0 aliphatic rings. The number of H-pyrrole nitrogens is 1. The Hall–Kier alpha value is -0.841. The van der Waals surface area contributed by atoms with E-state index >= 15 is 0 Å². The van der Waals surface area contributed by atoms with Gasteiger partial charge in [0.2, 0.25) is 0 Å². The summed E-state index contributed by atoms with van der Waals surface area (Å²) in [7, 11) is 0. The number of nitrogens with zero attached hydrogens (tertiary/aromatic N) is 2. The Morgan fingerprint density at radius 2 is 1.54 bits per heavy atom. The second-order valence-corrected chi connectivity index (χ2v) is 20.1. The van der Waals surface area contributed by atoms with Gasteiger partial charge < -0.3 is 0 Å². The quantitative estimate of drug-likeness (QED) is 0.473. The third-order valence-corrected chi connectivity index (χ3v) is 20.8. The van der Waals surface area contributed by atoms with Crippen LogP contribution in [0.15, 0.2) is 30.6 Å². The van der Waals surface area contributed by atoms with Crippen molar-refractivity contribution in [3.05, 3.63) is 30.6 Å². The fourth-order valence-corrected chi connectivity index (χ4v) is 20.2. The fourth-order valence-electron chi connectivity index (χ4n) is 3.76. The van der Waals surface area contributed by atoms with E-state index in [0.29, 0.717) is 0 Å². The van der Waals surface area contributed by atoms with Crippen LogP contribution in [-0.4, -0.2) is 33.6 Å². The van der Waals surface area contributed by atoms with Crippen molar-refractivity contribution in [2.24, 2.45) is 0 Å². The summed E-state index contributed by atoms with van der Waals surface area (Å²) in [6.07, 6.45) is 11.9. The Morgan fingerprint density at radius 1 is 0.917 bits per heavy atom. The molecule has 2 aromatic heterocycles. The molecule has 3 nitrogen and oxygen atoms in total. The van der Waals surface area contributed by atoms with Crippen LogP contribution in [0.3, 0.4) is 0 Å². The SMILES string of the molecule is CCC[CH2][Sn]([CH2]CCC)([CH2]CCC)[c]1ccnnc1-c1ccc[nH]1. The van der Waals surface area contributed by atoms with Gasteiger partial charge in [-0.1, -0.05) is 0 Å². The van der Waals surface area contributed by atoms with Crippen LogP contribution in [0.2, 0.25) is 13.3 Å². The fraction of sp³-hybridized carbons (Fsp3) is 0.600. The summed E-state index contributed by atoms with van der Waals surface area (Å²) in [6.45, 7) is 6.98. The van der Waals surface area contributed by atoms with E-state index in [9.17, 15) is 0 Å². The van der Waals surface area contributed by atoms with Gasteiger partial charge in [0.25, 0.3) is 0 Å². The Morgan fingerprint density at radius 3 is 2.04 bits per heavy atom. The molecule has 0 aromatic carbocycles. The Balaban J connectivity index is 2.48. The standard InChI is InChI=1S/C8H6N3.3C4H9.Sn/c1-3-7(9-5-1)8-4-2-6-10-11-8;3*1-3-4-2;/h1-3,5-6,9H;3*1,3-4H2,2H3;. The van der Waals surface area contributed by atoms with Gasteiger partial charge in [-0.3, -0.25) is 0 Å². The van der Waals surface area contributed by atoms with Crippen LogP contribution in [0.25, 0.3) is 11.4 Å². The molecule has 0 radical (unpaired) electrons. The molecule has 0 amide bonds. The first-order chi connectivity index (χ1) is 11.8. The van der Waals surface area contributed by atoms with E-state index in [-0.39, 0.29) is 0 Å². The summed E-state index contributed by atoms with van der Waals surface area (Å²) in [4.78, 5) is 3.37. The molecule has 2 aromatic rings. The maximum absolute atomic E-state index is 4.58. The summed E-state index contributed by atoms with van der Waals surface area (Å²) < 4.78 is 6.00. The molecule has 24 heavy (non-hydrogen) atoms. The average Bonchev–Trinajstić information content (AvgIpc) is 3.16. The zero-order chi connectivity index (χ0) is 17.3. The van der Waals surface area contributed by atoms with Crippen LogP contribution < -0.4 is 3.58 Å². The second-order valence-electron chi connectivity index (χ2n) is 6.97. The molecule has 2 heterocycles. The summed E-state index contributed by atoms with van der Waals surface area (Å²) in [6, 6.07) is 6.53. The number of hydrogen-bond acceptors (Lipinski definition) is 2. The monoisotopic (exact) mass is 435 g/mol. The predicted octanol–water partition coefficient (Wildman–Crippen LogP) is 5.53. The summed E-state index contributed by atoms with van der Waals surface area (Å²) >= 11 is -2.48. The van der Waals surface area contributed by atoms with Crippen molar-refractivity contribution in [2.75, 3.05) is 0 Å². The molecule has 0 unspecified atom stereocenters. The summed E-state index contributed by atoms with van der Waals surface area (Å²) in [5.41, 5.74) is 2.28. The van der Waals surface area contributed by atoms with Crippen LogP contribution in [0.5, 0.6) is 0 Å². The number of hydrogen-bond donors (Lipinski definition) is 1. The molecular weight excluding hydrogens is 401 g/mol. The average molecular weight is 434 g/mol. The van der Waals surface area contributed by atoms with E-state index < -0.39 is 18.4 Å². The Labute approximate surface area is 151 Å². The molecule has 0 saturated heterocycles. The van der Waals surface area contributed by atoms with Crippen LogP contribution in [0.4, 0.5) is 0 Å². The van der Waals surface area contributed by atoms with Crippen LogP contribution in [0, 0.1) is 0 Å². The molecule has 132 valence electrons. The van der Waals surface area contributed by atoms with E-state index in [2.05, 4.69) is 54.2 Å². The van der Waals surface area contributed by atoms with Crippen LogP contribution >= 0.6 is 0 Å². The van der Waals surface area contributed by atoms with Crippen molar-refractivity contribution >= 4 is 22.0 Å². The Bertz CT molecular complexity index is 559. The predicted molar refractivity (Wildman–Crippen MR) is 106 cm³/mol. The molecule has 0 spiro atoms. The molecule has 0 bridgehead atoms. The van der Waals surface area contributed by atoms with E-state index in [4.69, 9.17) is 0 Å². The summed E-state index contributed by atoms with van der Waals surface area (Å²) in [5, 5.41) is 8.80. The van der Waals surface area contributed by atoms with Crippen LogP contribution in [0.1, 0.15) is 59.3 Å². The van der Waals surface area contributed by atoms with E-state index in [0.717, 1.165) is 11.4 Å².